The third-order valence-corrected chi connectivity index (χ3v) is 6.23. The number of allylic oxidation sites excluding steroid dienone is 2. The molecule has 0 amide bonds. The molecule has 154 valence electrons. The van der Waals surface area contributed by atoms with E-state index in [4.69, 9.17) is 4.74 Å². The Morgan fingerprint density at radius 1 is 0.857 bits per heavy atom. The second-order valence-corrected chi connectivity index (χ2v) is 9.27. The van der Waals surface area contributed by atoms with Gasteiger partial charge in [-0.3, -0.25) is 9.59 Å². The van der Waals surface area contributed by atoms with Gasteiger partial charge < -0.3 is 4.74 Å². The molecule has 28 heavy (non-hydrogen) atoms. The normalized spacial score (nSPS) is 13.6. The number of carbonyl (C=O) groups excluding carboxylic acids is 2. The first-order chi connectivity index (χ1) is 12.6. The molecule has 0 unspecified atom stereocenters. The Balaban J connectivity index is 3.05. The Labute approximate surface area is 170 Å². The molecular formula is C25H36O3. The van der Waals surface area contributed by atoms with Gasteiger partial charge in [-0.15, -0.1) is 0 Å². The summed E-state index contributed by atoms with van der Waals surface area (Å²) in [6.45, 7) is 21.4. The summed E-state index contributed by atoms with van der Waals surface area (Å²) in [6, 6.07) is 9.45. The minimum absolute atomic E-state index is 0.153. The topological polar surface area (TPSA) is 43.4 Å². The van der Waals surface area contributed by atoms with E-state index in [9.17, 15) is 9.59 Å². The van der Waals surface area contributed by atoms with Crippen LogP contribution in [0.2, 0.25) is 0 Å². The van der Waals surface area contributed by atoms with Crippen LogP contribution in [0, 0.1) is 10.8 Å². The van der Waals surface area contributed by atoms with Gasteiger partial charge in [-0.2, -0.15) is 0 Å². The number of benzene rings is 1. The number of hydrogen-bond donors (Lipinski definition) is 0. The molecule has 0 aliphatic carbocycles. The van der Waals surface area contributed by atoms with Gasteiger partial charge in [0.05, 0.1) is 0 Å². The second kappa shape index (κ2) is 8.46. The Kier molecular flexibility index (Phi) is 7.22. The molecule has 0 radical (unpaired) electrons. The highest BCUT2D eigenvalue weighted by atomic mass is 16.6. The summed E-state index contributed by atoms with van der Waals surface area (Å²) in [4.78, 5) is 25.7. The van der Waals surface area contributed by atoms with E-state index in [0.717, 1.165) is 22.3 Å². The van der Waals surface area contributed by atoms with Crippen molar-refractivity contribution in [3.05, 3.63) is 59.2 Å². The molecule has 1 aromatic rings. The molecule has 1 rings (SSSR count). The first-order valence-corrected chi connectivity index (χ1v) is 9.79. The second-order valence-electron chi connectivity index (χ2n) is 9.27. The molecule has 3 nitrogen and oxygen atoms in total. The van der Waals surface area contributed by atoms with E-state index < -0.39 is 17.0 Å². The van der Waals surface area contributed by atoms with Crippen molar-refractivity contribution in [1.29, 1.82) is 0 Å². The summed E-state index contributed by atoms with van der Waals surface area (Å²) in [5.74, 6) is -0.654. The van der Waals surface area contributed by atoms with Gasteiger partial charge in [0.1, 0.15) is 11.0 Å². The lowest BCUT2D eigenvalue weighted by atomic mass is 9.75. The Morgan fingerprint density at radius 3 is 1.82 bits per heavy atom. The molecule has 0 bridgehead atoms. The number of Topliss-reactive ketones (excluding diaryl/α,β-unsaturated/α-hetero) is 1. The van der Waals surface area contributed by atoms with Crippen LogP contribution in [0.5, 0.6) is 0 Å². The van der Waals surface area contributed by atoms with Crippen LogP contribution >= 0.6 is 0 Å². The molecule has 3 heteroatoms. The predicted octanol–water partition coefficient (Wildman–Crippen LogP) is 6.08. The molecule has 0 spiro atoms. The average molecular weight is 385 g/mol. The zero-order chi connectivity index (χ0) is 21.9. The number of esters is 1. The first-order valence-electron chi connectivity index (χ1n) is 9.79. The maximum Gasteiger partial charge on any atom is 0.319 e. The van der Waals surface area contributed by atoms with Crippen LogP contribution in [0.1, 0.15) is 67.9 Å². The number of hydrogen-bond acceptors (Lipinski definition) is 3. The molecule has 0 aromatic heterocycles. The van der Waals surface area contributed by atoms with Gasteiger partial charge >= 0.3 is 5.97 Å². The van der Waals surface area contributed by atoms with Crippen molar-refractivity contribution in [3.8, 4) is 0 Å². The van der Waals surface area contributed by atoms with Crippen molar-refractivity contribution in [2.45, 2.75) is 74.3 Å². The maximum absolute atomic E-state index is 12.9. The smallest absolute Gasteiger partial charge is 0.319 e. The molecule has 0 fully saturated rings. The number of rotatable bonds is 8. The third kappa shape index (κ3) is 5.21. The zero-order valence-electron chi connectivity index (χ0n) is 19.0. The molecule has 0 N–H and O–H groups in total. The van der Waals surface area contributed by atoms with Gasteiger partial charge in [0.15, 0.2) is 5.78 Å². The van der Waals surface area contributed by atoms with Crippen molar-refractivity contribution in [2.24, 2.45) is 10.8 Å². The summed E-state index contributed by atoms with van der Waals surface area (Å²) < 4.78 is 5.87. The monoisotopic (exact) mass is 384 g/mol. The van der Waals surface area contributed by atoms with Crippen LogP contribution in [0.15, 0.2) is 53.6 Å². The van der Waals surface area contributed by atoms with Gasteiger partial charge in [0.2, 0.25) is 0 Å². The molecule has 0 saturated carbocycles. The van der Waals surface area contributed by atoms with E-state index in [1.54, 1.807) is 13.8 Å². The molecule has 0 heterocycles. The largest absolute Gasteiger partial charge is 0.454 e. The standard InChI is InChI=1S/C25H36O3/c1-17(2)23(5,6)18(3)19(4)25(9,10)28-22(27)24(7,8)21(26)16-20-14-12-11-13-15-20/h11-15H,1,16H2,2-10H3/b19-18-. The Hall–Kier alpha value is -2.16. The van der Waals surface area contributed by atoms with Gasteiger partial charge in [-0.05, 0) is 59.6 Å². The number of carbonyl (C=O) groups is 2. The molecular weight excluding hydrogens is 348 g/mol. The van der Waals surface area contributed by atoms with E-state index in [1.165, 1.54) is 0 Å². The minimum atomic E-state index is -1.22. The highest BCUT2D eigenvalue weighted by Crippen LogP contribution is 2.39. The van der Waals surface area contributed by atoms with Crippen molar-refractivity contribution >= 4 is 11.8 Å². The quantitative estimate of drug-likeness (QED) is 0.310. The predicted molar refractivity (Wildman–Crippen MR) is 116 cm³/mol. The van der Waals surface area contributed by atoms with Gasteiger partial charge in [-0.1, -0.05) is 61.9 Å². The lowest BCUT2D eigenvalue weighted by Crippen LogP contribution is -2.42. The van der Waals surface area contributed by atoms with Gasteiger partial charge in [-0.25, -0.2) is 0 Å². The van der Waals surface area contributed by atoms with E-state index >= 15 is 0 Å². The Morgan fingerprint density at radius 2 is 1.36 bits per heavy atom. The number of ether oxygens (including phenoxy) is 1. The molecule has 0 aliphatic heterocycles. The van der Waals surface area contributed by atoms with Crippen LogP contribution in [0.25, 0.3) is 0 Å². The van der Waals surface area contributed by atoms with Crippen LogP contribution in [0.3, 0.4) is 0 Å². The van der Waals surface area contributed by atoms with Crippen molar-refractivity contribution < 1.29 is 14.3 Å². The molecule has 0 aliphatic rings. The fourth-order valence-electron chi connectivity index (χ4n) is 2.79. The molecule has 1 aromatic carbocycles. The minimum Gasteiger partial charge on any atom is -0.454 e. The Bertz CT molecular complexity index is 777. The molecule has 0 saturated heterocycles. The van der Waals surface area contributed by atoms with Gasteiger partial charge in [0, 0.05) is 11.8 Å². The van der Waals surface area contributed by atoms with Crippen LogP contribution < -0.4 is 0 Å². The highest BCUT2D eigenvalue weighted by Gasteiger charge is 2.41. The van der Waals surface area contributed by atoms with Crippen LogP contribution in [-0.4, -0.2) is 17.4 Å². The van der Waals surface area contributed by atoms with E-state index in [-0.39, 0.29) is 17.6 Å². The molecule has 0 atom stereocenters. The summed E-state index contributed by atoms with van der Waals surface area (Å²) in [5.41, 5.74) is 1.79. The highest BCUT2D eigenvalue weighted by molar-refractivity contribution is 6.03. The summed E-state index contributed by atoms with van der Waals surface area (Å²) in [6.07, 6.45) is 0.208. The van der Waals surface area contributed by atoms with Crippen LogP contribution in [-0.2, 0) is 20.7 Å². The van der Waals surface area contributed by atoms with Crippen molar-refractivity contribution in [2.75, 3.05) is 0 Å². The number of ketones is 1. The maximum atomic E-state index is 12.9. The third-order valence-electron chi connectivity index (χ3n) is 6.23. The first kappa shape index (κ1) is 23.9. The average Bonchev–Trinajstić information content (AvgIpc) is 2.60. The van der Waals surface area contributed by atoms with E-state index in [0.29, 0.717) is 0 Å². The van der Waals surface area contributed by atoms with Gasteiger partial charge in [0.25, 0.3) is 0 Å². The van der Waals surface area contributed by atoms with Crippen LogP contribution in [0.4, 0.5) is 0 Å². The fraction of sp³-hybridized carbons (Fsp3) is 0.520. The SMILES string of the molecule is C=C(C)C(C)(C)/C(C)=C(/C)C(C)(C)OC(=O)C(C)(C)C(=O)Cc1ccccc1. The van der Waals surface area contributed by atoms with E-state index in [1.807, 2.05) is 65.0 Å². The zero-order valence-corrected chi connectivity index (χ0v) is 19.0. The lowest BCUT2D eigenvalue weighted by molar-refractivity contribution is -0.166. The van der Waals surface area contributed by atoms with E-state index in [2.05, 4.69) is 20.4 Å². The fourth-order valence-corrected chi connectivity index (χ4v) is 2.79. The van der Waals surface area contributed by atoms with Crippen molar-refractivity contribution in [3.63, 3.8) is 0 Å². The summed E-state index contributed by atoms with van der Waals surface area (Å²) in [5, 5.41) is 0. The summed E-state index contributed by atoms with van der Waals surface area (Å²) >= 11 is 0. The summed E-state index contributed by atoms with van der Waals surface area (Å²) in [7, 11) is 0. The van der Waals surface area contributed by atoms with Crippen molar-refractivity contribution in [1.82, 2.24) is 0 Å². The lowest BCUT2D eigenvalue weighted by Gasteiger charge is -2.36.